The topological polar surface area (TPSA) is 62.1 Å². The lowest BCUT2D eigenvalue weighted by molar-refractivity contribution is -0.128. The Balaban J connectivity index is 1.75. The van der Waals surface area contributed by atoms with E-state index in [0.717, 1.165) is 31.2 Å². The summed E-state index contributed by atoms with van der Waals surface area (Å²) in [5.41, 5.74) is 1.96. The van der Waals surface area contributed by atoms with Crippen LogP contribution in [-0.2, 0) is 23.1 Å². The van der Waals surface area contributed by atoms with E-state index < -0.39 is 5.60 Å². The molecule has 0 fully saturated rings. The van der Waals surface area contributed by atoms with Crippen LogP contribution in [0.1, 0.15) is 69.0 Å². The molecule has 1 N–H and O–H groups in total. The van der Waals surface area contributed by atoms with E-state index in [2.05, 4.69) is 32.2 Å². The quantitative estimate of drug-likeness (QED) is 0.732. The highest BCUT2D eigenvalue weighted by atomic mass is 32.1. The number of nitrogens with zero attached hydrogens (tertiary/aromatic N) is 1. The van der Waals surface area contributed by atoms with Crippen LogP contribution in [0.25, 0.3) is 0 Å². The van der Waals surface area contributed by atoms with Crippen molar-refractivity contribution in [3.63, 3.8) is 0 Å². The van der Waals surface area contributed by atoms with Gasteiger partial charge in [-0.2, -0.15) is 5.26 Å². The van der Waals surface area contributed by atoms with Crippen LogP contribution >= 0.6 is 11.3 Å². The number of aryl methyl sites for hydroxylation is 1. The first-order valence-electron chi connectivity index (χ1n) is 9.77. The lowest BCUT2D eigenvalue weighted by atomic mass is 9.87. The Morgan fingerprint density at radius 2 is 1.75 bits per heavy atom. The zero-order valence-electron chi connectivity index (χ0n) is 17.3. The molecular formula is C23H28N2O2S. The Labute approximate surface area is 171 Å². The van der Waals surface area contributed by atoms with Gasteiger partial charge in [-0.05, 0) is 68.2 Å². The molecular weight excluding hydrogens is 368 g/mol. The number of anilines is 1. The predicted molar refractivity (Wildman–Crippen MR) is 114 cm³/mol. The van der Waals surface area contributed by atoms with Crippen LogP contribution in [0.5, 0.6) is 5.75 Å². The fraction of sp³-hybridized carbons (Fsp3) is 0.478. The SMILES string of the molecule is CC(C)(Oc1ccc(C(C)(C)C)cc1)C(=O)Nc1sc2c(c1C#N)CCCC2. The summed E-state index contributed by atoms with van der Waals surface area (Å²) in [7, 11) is 0. The Kier molecular flexibility index (Phi) is 5.54. The number of hydrogen-bond donors (Lipinski definition) is 1. The van der Waals surface area contributed by atoms with Crippen LogP contribution in [0.15, 0.2) is 24.3 Å². The minimum absolute atomic E-state index is 0.0669. The molecule has 0 unspecified atom stereocenters. The number of nitrogens with one attached hydrogen (secondary N) is 1. The number of benzene rings is 1. The highest BCUT2D eigenvalue weighted by Crippen LogP contribution is 2.38. The number of thiophene rings is 1. The predicted octanol–water partition coefficient (Wildman–Crippen LogP) is 5.59. The number of hydrogen-bond acceptors (Lipinski definition) is 4. The molecule has 2 aromatic rings. The molecule has 1 aliphatic carbocycles. The van der Waals surface area contributed by atoms with Gasteiger partial charge in [0.05, 0.1) is 5.56 Å². The van der Waals surface area contributed by atoms with Gasteiger partial charge in [0.15, 0.2) is 5.60 Å². The summed E-state index contributed by atoms with van der Waals surface area (Å²) < 4.78 is 5.99. The van der Waals surface area contributed by atoms with Gasteiger partial charge >= 0.3 is 0 Å². The van der Waals surface area contributed by atoms with E-state index >= 15 is 0 Å². The number of nitriles is 1. The number of carbonyl (C=O) groups excluding carboxylic acids is 1. The second-order valence-electron chi connectivity index (χ2n) is 8.87. The fourth-order valence-corrected chi connectivity index (χ4v) is 4.62. The molecule has 0 spiro atoms. The maximum atomic E-state index is 12.9. The maximum Gasteiger partial charge on any atom is 0.268 e. The van der Waals surface area contributed by atoms with Gasteiger partial charge in [-0.15, -0.1) is 11.3 Å². The standard InChI is InChI=1S/C23H28N2O2S/c1-22(2,3)15-10-12-16(13-11-15)27-23(4,5)21(26)25-20-18(14-24)17-8-6-7-9-19(17)28-20/h10-13H,6-9H2,1-5H3,(H,25,26). The molecule has 148 valence electrons. The number of amides is 1. The summed E-state index contributed by atoms with van der Waals surface area (Å²) >= 11 is 1.53. The molecule has 5 heteroatoms. The minimum Gasteiger partial charge on any atom is -0.478 e. The van der Waals surface area contributed by atoms with E-state index in [1.165, 1.54) is 21.8 Å². The lowest BCUT2D eigenvalue weighted by Gasteiger charge is -2.26. The van der Waals surface area contributed by atoms with Crippen LogP contribution in [0.4, 0.5) is 5.00 Å². The van der Waals surface area contributed by atoms with Gasteiger partial charge in [0.1, 0.15) is 16.8 Å². The molecule has 1 aliphatic rings. The molecule has 1 heterocycles. The molecule has 0 saturated heterocycles. The molecule has 28 heavy (non-hydrogen) atoms. The number of ether oxygens (including phenoxy) is 1. The second kappa shape index (κ2) is 7.60. The van der Waals surface area contributed by atoms with Crippen molar-refractivity contribution >= 4 is 22.2 Å². The number of rotatable bonds is 4. The Hall–Kier alpha value is -2.32. The average molecular weight is 397 g/mol. The van der Waals surface area contributed by atoms with E-state index in [1.807, 2.05) is 24.3 Å². The number of carbonyl (C=O) groups is 1. The van der Waals surface area contributed by atoms with Crippen LogP contribution < -0.4 is 10.1 Å². The summed E-state index contributed by atoms with van der Waals surface area (Å²) in [4.78, 5) is 14.1. The number of fused-ring (bicyclic) bond motifs is 1. The van der Waals surface area contributed by atoms with Crippen LogP contribution in [-0.4, -0.2) is 11.5 Å². The van der Waals surface area contributed by atoms with Gasteiger partial charge in [0.2, 0.25) is 0 Å². The van der Waals surface area contributed by atoms with E-state index in [0.29, 0.717) is 16.3 Å². The van der Waals surface area contributed by atoms with E-state index in [1.54, 1.807) is 13.8 Å². The Morgan fingerprint density at radius 1 is 1.11 bits per heavy atom. The van der Waals surface area contributed by atoms with Gasteiger partial charge < -0.3 is 10.1 Å². The minimum atomic E-state index is -1.06. The fourth-order valence-electron chi connectivity index (χ4n) is 3.39. The largest absolute Gasteiger partial charge is 0.478 e. The van der Waals surface area contributed by atoms with Gasteiger partial charge in [-0.25, -0.2) is 0 Å². The second-order valence-corrected chi connectivity index (χ2v) is 9.97. The third-order valence-corrected chi connectivity index (χ3v) is 6.36. The van der Waals surface area contributed by atoms with Crippen molar-refractivity contribution in [2.24, 2.45) is 0 Å². The molecule has 0 saturated carbocycles. The third-order valence-electron chi connectivity index (χ3n) is 5.15. The van der Waals surface area contributed by atoms with E-state index in [4.69, 9.17) is 4.74 Å². The van der Waals surface area contributed by atoms with Crippen LogP contribution in [0.2, 0.25) is 0 Å². The van der Waals surface area contributed by atoms with Crippen LogP contribution in [0, 0.1) is 11.3 Å². The summed E-state index contributed by atoms with van der Waals surface area (Å²) in [6, 6.07) is 10.2. The molecule has 4 nitrogen and oxygen atoms in total. The van der Waals surface area contributed by atoms with Gasteiger partial charge in [0, 0.05) is 4.88 Å². The van der Waals surface area contributed by atoms with Crippen molar-refractivity contribution in [3.8, 4) is 11.8 Å². The first-order chi connectivity index (χ1) is 13.1. The Bertz CT molecular complexity index is 912. The van der Waals surface area contributed by atoms with Crippen molar-refractivity contribution in [2.75, 3.05) is 5.32 Å². The van der Waals surface area contributed by atoms with Crippen molar-refractivity contribution in [2.45, 2.75) is 71.3 Å². The van der Waals surface area contributed by atoms with Crippen molar-refractivity contribution < 1.29 is 9.53 Å². The van der Waals surface area contributed by atoms with Gasteiger partial charge in [0.25, 0.3) is 5.91 Å². The summed E-state index contributed by atoms with van der Waals surface area (Å²) in [6.07, 6.45) is 4.16. The lowest BCUT2D eigenvalue weighted by Crippen LogP contribution is -2.42. The normalized spacial score (nSPS) is 14.1. The molecule has 0 bridgehead atoms. The zero-order valence-corrected chi connectivity index (χ0v) is 18.1. The van der Waals surface area contributed by atoms with Crippen molar-refractivity contribution in [3.05, 3.63) is 45.8 Å². The molecule has 1 amide bonds. The highest BCUT2D eigenvalue weighted by Gasteiger charge is 2.32. The zero-order chi connectivity index (χ0) is 20.5. The van der Waals surface area contributed by atoms with Crippen molar-refractivity contribution in [1.29, 1.82) is 5.26 Å². The monoisotopic (exact) mass is 396 g/mol. The van der Waals surface area contributed by atoms with Gasteiger partial charge in [-0.1, -0.05) is 32.9 Å². The molecule has 0 radical (unpaired) electrons. The summed E-state index contributed by atoms with van der Waals surface area (Å²) in [5, 5.41) is 13.2. The maximum absolute atomic E-state index is 12.9. The molecule has 3 rings (SSSR count). The highest BCUT2D eigenvalue weighted by molar-refractivity contribution is 7.16. The molecule has 0 atom stereocenters. The molecule has 0 aliphatic heterocycles. The smallest absolute Gasteiger partial charge is 0.268 e. The molecule has 1 aromatic carbocycles. The molecule has 1 aromatic heterocycles. The average Bonchev–Trinajstić information content (AvgIpc) is 2.98. The van der Waals surface area contributed by atoms with Crippen LogP contribution in [0.3, 0.4) is 0 Å². The van der Waals surface area contributed by atoms with Crippen molar-refractivity contribution in [1.82, 2.24) is 0 Å². The first kappa shape index (κ1) is 20.4. The van der Waals surface area contributed by atoms with E-state index in [-0.39, 0.29) is 11.3 Å². The third kappa shape index (κ3) is 4.23. The first-order valence-corrected chi connectivity index (χ1v) is 10.6. The van der Waals surface area contributed by atoms with Gasteiger partial charge in [-0.3, -0.25) is 4.79 Å². The summed E-state index contributed by atoms with van der Waals surface area (Å²) in [6.45, 7) is 9.98. The summed E-state index contributed by atoms with van der Waals surface area (Å²) in [5.74, 6) is 0.404. The Morgan fingerprint density at radius 3 is 2.36 bits per heavy atom. The van der Waals surface area contributed by atoms with E-state index in [9.17, 15) is 10.1 Å².